The Kier molecular flexibility index (Phi) is 5.09. The van der Waals surface area contributed by atoms with Crippen molar-refractivity contribution < 1.29 is 18.0 Å². The molecule has 11 heteroatoms. The molecule has 4 aromatic heterocycles. The molecule has 4 rings (SSSR count). The number of pyridine rings is 1. The number of aryl methyl sites for hydroxylation is 2. The van der Waals surface area contributed by atoms with Gasteiger partial charge in [0.15, 0.2) is 11.6 Å². The van der Waals surface area contributed by atoms with Gasteiger partial charge in [0.05, 0.1) is 22.3 Å². The van der Waals surface area contributed by atoms with Crippen molar-refractivity contribution in [3.63, 3.8) is 0 Å². The van der Waals surface area contributed by atoms with Gasteiger partial charge in [0.2, 0.25) is 0 Å². The number of halogens is 3. The molecule has 8 nitrogen and oxygen atoms in total. The highest BCUT2D eigenvalue weighted by Crippen LogP contribution is 2.30. The molecule has 0 saturated heterocycles. The molecule has 0 radical (unpaired) electrons. The van der Waals surface area contributed by atoms with Gasteiger partial charge in [-0.3, -0.25) is 14.9 Å². The smallest absolute Gasteiger partial charge is 0.267 e. The van der Waals surface area contributed by atoms with Crippen LogP contribution in [0.5, 0.6) is 0 Å². The van der Waals surface area contributed by atoms with Crippen LogP contribution < -0.4 is 5.43 Å². The summed E-state index contributed by atoms with van der Waals surface area (Å²) in [6.45, 7) is 3.44. The Hall–Kier alpha value is -3.89. The first kappa shape index (κ1) is 20.4. The van der Waals surface area contributed by atoms with E-state index in [9.17, 15) is 18.0 Å². The van der Waals surface area contributed by atoms with Crippen molar-refractivity contribution in [3.05, 3.63) is 65.5 Å². The molecule has 0 aromatic carbocycles. The fourth-order valence-electron chi connectivity index (χ4n) is 3.06. The van der Waals surface area contributed by atoms with Crippen LogP contribution in [0.1, 0.15) is 34.2 Å². The van der Waals surface area contributed by atoms with Crippen LogP contribution >= 0.6 is 0 Å². The van der Waals surface area contributed by atoms with Crippen LogP contribution in [0.25, 0.3) is 22.7 Å². The number of nitrogens with zero attached hydrogens (tertiary/aromatic N) is 6. The normalized spacial score (nSPS) is 11.6. The van der Waals surface area contributed by atoms with E-state index in [0.717, 1.165) is 6.07 Å². The molecule has 0 saturated carbocycles. The van der Waals surface area contributed by atoms with E-state index in [0.29, 0.717) is 29.0 Å². The Morgan fingerprint density at radius 2 is 1.84 bits per heavy atom. The first-order valence-electron chi connectivity index (χ1n) is 9.28. The summed E-state index contributed by atoms with van der Waals surface area (Å²) < 4.78 is 40.4. The van der Waals surface area contributed by atoms with Crippen LogP contribution in [0.2, 0.25) is 0 Å². The van der Waals surface area contributed by atoms with E-state index < -0.39 is 17.8 Å². The third-order valence-electron chi connectivity index (χ3n) is 4.61. The number of aromatic nitrogens is 6. The second-order valence-electron chi connectivity index (χ2n) is 6.65. The first-order chi connectivity index (χ1) is 14.8. The van der Waals surface area contributed by atoms with Gasteiger partial charge in [0, 0.05) is 24.8 Å². The third kappa shape index (κ3) is 3.93. The highest BCUT2D eigenvalue weighted by molar-refractivity contribution is 6.01. The van der Waals surface area contributed by atoms with E-state index in [-0.39, 0.29) is 16.9 Å². The van der Waals surface area contributed by atoms with E-state index in [2.05, 4.69) is 30.3 Å². The second-order valence-corrected chi connectivity index (χ2v) is 6.65. The molecule has 4 aromatic rings. The zero-order chi connectivity index (χ0) is 22.2. The Labute approximate surface area is 174 Å². The predicted molar refractivity (Wildman–Crippen MR) is 106 cm³/mol. The van der Waals surface area contributed by atoms with Crippen LogP contribution in [-0.2, 0) is 12.6 Å². The van der Waals surface area contributed by atoms with E-state index in [1.165, 1.54) is 16.9 Å². The number of alkyl halides is 3. The average Bonchev–Trinajstić information content (AvgIpc) is 3.10. The van der Waals surface area contributed by atoms with Gasteiger partial charge in [-0.1, -0.05) is 6.92 Å². The van der Waals surface area contributed by atoms with Crippen LogP contribution in [-0.4, -0.2) is 35.5 Å². The lowest BCUT2D eigenvalue weighted by atomic mass is 10.2. The van der Waals surface area contributed by atoms with Gasteiger partial charge < -0.3 is 0 Å². The molecule has 1 N–H and O–H groups in total. The molecular weight excluding hydrogens is 411 g/mol. The minimum absolute atomic E-state index is 0.183. The largest absolute Gasteiger partial charge is 0.433 e. The first-order valence-corrected chi connectivity index (χ1v) is 9.28. The van der Waals surface area contributed by atoms with Crippen molar-refractivity contribution in [2.24, 2.45) is 0 Å². The van der Waals surface area contributed by atoms with Gasteiger partial charge in [-0.2, -0.15) is 13.2 Å². The standard InChI is InChI=1S/C20H16F3N7O/c1-3-12-10-30(14-5-6-15(20(21,22)23)28-16(12)14)29-19(31)13-9-26-18(27-11(13)2)17-24-7-4-8-25-17/h4-10H,3H2,1-2H3,(H,29,31). The van der Waals surface area contributed by atoms with Crippen molar-refractivity contribution in [2.45, 2.75) is 26.4 Å². The second kappa shape index (κ2) is 7.74. The van der Waals surface area contributed by atoms with Crippen molar-refractivity contribution in [2.75, 3.05) is 5.43 Å². The molecule has 0 bridgehead atoms. The molecule has 1 amide bonds. The summed E-state index contributed by atoms with van der Waals surface area (Å²) in [6, 6.07) is 3.83. The Balaban J connectivity index is 1.66. The molecule has 0 fully saturated rings. The fraction of sp³-hybridized carbons (Fsp3) is 0.200. The van der Waals surface area contributed by atoms with Gasteiger partial charge in [-0.25, -0.2) is 24.9 Å². The quantitative estimate of drug-likeness (QED) is 0.535. The molecule has 0 aliphatic carbocycles. The lowest BCUT2D eigenvalue weighted by molar-refractivity contribution is -0.140. The van der Waals surface area contributed by atoms with E-state index in [1.807, 2.05) is 0 Å². The number of fused-ring (bicyclic) bond motifs is 1. The molecule has 0 aliphatic rings. The van der Waals surface area contributed by atoms with E-state index >= 15 is 0 Å². The number of rotatable bonds is 4. The highest BCUT2D eigenvalue weighted by atomic mass is 19.4. The predicted octanol–water partition coefficient (Wildman–Crippen LogP) is 3.56. The number of hydrogen-bond donors (Lipinski definition) is 1. The van der Waals surface area contributed by atoms with Gasteiger partial charge in [-0.05, 0) is 37.1 Å². The third-order valence-corrected chi connectivity index (χ3v) is 4.61. The van der Waals surface area contributed by atoms with E-state index in [4.69, 9.17) is 0 Å². The SMILES string of the molecule is CCc1cn(NC(=O)c2cnc(-c3ncccn3)nc2C)c2ccc(C(F)(F)F)nc12. The van der Waals surface area contributed by atoms with Crippen molar-refractivity contribution in [1.82, 2.24) is 29.6 Å². The van der Waals surface area contributed by atoms with Gasteiger partial charge in [-0.15, -0.1) is 0 Å². The monoisotopic (exact) mass is 427 g/mol. The zero-order valence-corrected chi connectivity index (χ0v) is 16.5. The molecule has 0 spiro atoms. The van der Waals surface area contributed by atoms with Crippen LogP contribution in [0, 0.1) is 6.92 Å². The summed E-state index contributed by atoms with van der Waals surface area (Å²) in [6.07, 6.45) is 1.92. The molecule has 0 aliphatic heterocycles. The minimum atomic E-state index is -4.55. The Morgan fingerprint density at radius 1 is 1.10 bits per heavy atom. The van der Waals surface area contributed by atoms with Crippen LogP contribution in [0.3, 0.4) is 0 Å². The average molecular weight is 427 g/mol. The van der Waals surface area contributed by atoms with Crippen molar-refractivity contribution >= 4 is 16.9 Å². The molecule has 158 valence electrons. The van der Waals surface area contributed by atoms with Crippen molar-refractivity contribution in [3.8, 4) is 11.6 Å². The number of carbonyl (C=O) groups excluding carboxylic acids is 1. The van der Waals surface area contributed by atoms with Crippen LogP contribution in [0.15, 0.2) is 43.0 Å². The fourth-order valence-corrected chi connectivity index (χ4v) is 3.06. The zero-order valence-electron chi connectivity index (χ0n) is 16.5. The lowest BCUT2D eigenvalue weighted by Gasteiger charge is -2.10. The molecular formula is C20H16F3N7O. The molecule has 0 unspecified atom stereocenters. The molecule has 0 atom stereocenters. The van der Waals surface area contributed by atoms with Crippen LogP contribution in [0.4, 0.5) is 13.2 Å². The topological polar surface area (TPSA) is 98.5 Å². The summed E-state index contributed by atoms with van der Waals surface area (Å²) in [5.74, 6) is 0.0868. The number of nitrogens with one attached hydrogen (secondary N) is 1. The maximum absolute atomic E-state index is 13.0. The van der Waals surface area contributed by atoms with Gasteiger partial charge >= 0.3 is 6.18 Å². The maximum atomic E-state index is 13.0. The highest BCUT2D eigenvalue weighted by Gasteiger charge is 2.33. The Bertz CT molecular complexity index is 1270. The summed E-state index contributed by atoms with van der Waals surface area (Å²) in [4.78, 5) is 33.1. The minimum Gasteiger partial charge on any atom is -0.267 e. The summed E-state index contributed by atoms with van der Waals surface area (Å²) >= 11 is 0. The lowest BCUT2D eigenvalue weighted by Crippen LogP contribution is -2.23. The number of amides is 1. The number of hydrogen-bond acceptors (Lipinski definition) is 6. The maximum Gasteiger partial charge on any atom is 0.433 e. The van der Waals surface area contributed by atoms with Gasteiger partial charge in [0.1, 0.15) is 5.69 Å². The molecule has 4 heterocycles. The summed E-state index contributed by atoms with van der Waals surface area (Å²) in [5, 5.41) is 0. The molecule has 31 heavy (non-hydrogen) atoms. The summed E-state index contributed by atoms with van der Waals surface area (Å²) in [5.41, 5.74) is 3.40. The van der Waals surface area contributed by atoms with Crippen molar-refractivity contribution in [1.29, 1.82) is 0 Å². The Morgan fingerprint density at radius 3 is 2.48 bits per heavy atom. The van der Waals surface area contributed by atoms with E-state index in [1.54, 1.807) is 38.5 Å². The number of carbonyl (C=O) groups is 1. The summed E-state index contributed by atoms with van der Waals surface area (Å²) in [7, 11) is 0. The van der Waals surface area contributed by atoms with Gasteiger partial charge in [0.25, 0.3) is 5.91 Å².